The Morgan fingerprint density at radius 1 is 1.29 bits per heavy atom. The first kappa shape index (κ1) is 21.3. The lowest BCUT2D eigenvalue weighted by Crippen LogP contribution is -2.39. The summed E-state index contributed by atoms with van der Waals surface area (Å²) >= 11 is 0. The number of hydrogen-bond donors (Lipinski definition) is 0. The van der Waals surface area contributed by atoms with Gasteiger partial charge in [-0.25, -0.2) is 4.98 Å². The minimum atomic E-state index is -4.56. The number of likely N-dealkylation sites (tertiary alicyclic amines) is 1. The Morgan fingerprint density at radius 2 is 2.03 bits per heavy atom. The largest absolute Gasteiger partial charge is 0.417 e. The van der Waals surface area contributed by atoms with E-state index >= 15 is 0 Å². The molecule has 0 radical (unpaired) electrons. The fourth-order valence-electron chi connectivity index (χ4n) is 4.04. The van der Waals surface area contributed by atoms with Gasteiger partial charge in [0, 0.05) is 31.7 Å². The number of rotatable bonds is 4. The van der Waals surface area contributed by atoms with E-state index in [0.29, 0.717) is 38.1 Å². The van der Waals surface area contributed by atoms with Crippen molar-refractivity contribution in [2.75, 3.05) is 20.2 Å². The lowest BCUT2D eigenvalue weighted by Gasteiger charge is -2.32. The molecule has 1 saturated heterocycles. The summed E-state index contributed by atoms with van der Waals surface area (Å²) in [5.74, 6) is -0.470. The second kappa shape index (κ2) is 8.30. The summed E-state index contributed by atoms with van der Waals surface area (Å²) in [6, 6.07) is 8.21. The van der Waals surface area contributed by atoms with Gasteiger partial charge in [0.25, 0.3) is 11.6 Å². The highest BCUT2D eigenvalue weighted by atomic mass is 19.4. The molecule has 31 heavy (non-hydrogen) atoms. The smallest absolute Gasteiger partial charge is 0.380 e. The number of methoxy groups -OCH3 is 1. The van der Waals surface area contributed by atoms with Crippen molar-refractivity contribution in [1.82, 2.24) is 15.0 Å². The monoisotopic (exact) mass is 433 g/mol. The lowest BCUT2D eigenvalue weighted by atomic mass is 9.92. The van der Waals surface area contributed by atoms with E-state index in [1.807, 2.05) is 12.1 Å². The number of halogens is 3. The highest BCUT2D eigenvalue weighted by Gasteiger charge is 2.37. The average Bonchev–Trinajstić information content (AvgIpc) is 3.13. The van der Waals surface area contributed by atoms with Crippen molar-refractivity contribution in [3.63, 3.8) is 0 Å². The van der Waals surface area contributed by atoms with E-state index in [1.165, 1.54) is 6.92 Å². The predicted molar refractivity (Wildman–Crippen MR) is 107 cm³/mol. The zero-order valence-corrected chi connectivity index (χ0v) is 17.2. The van der Waals surface area contributed by atoms with Crippen molar-refractivity contribution in [1.29, 1.82) is 0 Å². The molecule has 164 valence electrons. The lowest BCUT2D eigenvalue weighted by molar-refractivity contribution is -0.136. The average molecular weight is 433 g/mol. The van der Waals surface area contributed by atoms with Gasteiger partial charge in [-0.15, -0.1) is 0 Å². The van der Waals surface area contributed by atoms with Gasteiger partial charge in [-0.1, -0.05) is 17.3 Å². The summed E-state index contributed by atoms with van der Waals surface area (Å²) in [6.45, 7) is 2.75. The van der Waals surface area contributed by atoms with Gasteiger partial charge in [0.2, 0.25) is 0 Å². The van der Waals surface area contributed by atoms with Gasteiger partial charge in [-0.2, -0.15) is 13.2 Å². The van der Waals surface area contributed by atoms with Gasteiger partial charge in [-0.05, 0) is 43.5 Å². The number of fused-ring (bicyclic) bond motifs is 1. The summed E-state index contributed by atoms with van der Waals surface area (Å²) in [5.41, 5.74) is 0.978. The molecular formula is C22H22F3N3O3. The predicted octanol–water partition coefficient (Wildman–Crippen LogP) is 4.72. The van der Waals surface area contributed by atoms with Crippen LogP contribution in [0.4, 0.5) is 13.2 Å². The number of hydrogen-bond acceptors (Lipinski definition) is 5. The zero-order chi connectivity index (χ0) is 22.2. The normalized spacial score (nSPS) is 17.3. The molecular weight excluding hydrogens is 411 g/mol. The van der Waals surface area contributed by atoms with E-state index in [0.717, 1.165) is 11.6 Å². The Labute approximate surface area is 177 Å². The van der Waals surface area contributed by atoms with Gasteiger partial charge in [-0.3, -0.25) is 4.79 Å². The fraction of sp³-hybridized carbons (Fsp3) is 0.409. The molecule has 1 aliphatic rings. The molecule has 3 heterocycles. The maximum atomic E-state index is 13.7. The molecule has 3 aromatic rings. The van der Waals surface area contributed by atoms with E-state index in [9.17, 15) is 18.0 Å². The van der Waals surface area contributed by atoms with Gasteiger partial charge >= 0.3 is 6.18 Å². The molecule has 1 aliphatic heterocycles. The van der Waals surface area contributed by atoms with Gasteiger partial charge < -0.3 is 14.2 Å². The van der Waals surface area contributed by atoms with E-state index in [4.69, 9.17) is 9.26 Å². The van der Waals surface area contributed by atoms with Crippen LogP contribution in [0.3, 0.4) is 0 Å². The number of pyridine rings is 1. The number of nitrogens with zero attached hydrogens (tertiary/aromatic N) is 3. The molecule has 9 heteroatoms. The quantitative estimate of drug-likeness (QED) is 0.596. The van der Waals surface area contributed by atoms with Gasteiger partial charge in [0.15, 0.2) is 0 Å². The SMILES string of the molecule is COCc1ccc(C(=O)N2CCC[C@H](c3cc(C(F)(F)F)c4c(C)noc4n3)C2)cc1. The van der Waals surface area contributed by atoms with Gasteiger partial charge in [0.1, 0.15) is 0 Å². The number of aromatic nitrogens is 2. The van der Waals surface area contributed by atoms with Crippen molar-refractivity contribution in [2.24, 2.45) is 0 Å². The summed E-state index contributed by atoms with van der Waals surface area (Å²) in [6.07, 6.45) is -3.24. The maximum Gasteiger partial charge on any atom is 0.417 e. The second-order valence-electron chi connectivity index (χ2n) is 7.76. The van der Waals surface area contributed by atoms with Crippen LogP contribution < -0.4 is 0 Å². The van der Waals surface area contributed by atoms with E-state index < -0.39 is 11.7 Å². The molecule has 0 N–H and O–H groups in total. The van der Waals surface area contributed by atoms with Crippen LogP contribution in [0, 0.1) is 6.92 Å². The molecule has 0 aliphatic carbocycles. The number of benzene rings is 1. The number of carbonyl (C=O) groups is 1. The highest BCUT2D eigenvalue weighted by Crippen LogP contribution is 2.38. The molecule has 0 spiro atoms. The number of alkyl halides is 3. The summed E-state index contributed by atoms with van der Waals surface area (Å²) in [4.78, 5) is 18.9. The van der Waals surface area contributed by atoms with Crippen molar-refractivity contribution >= 4 is 17.0 Å². The molecule has 0 saturated carbocycles. The van der Waals surface area contributed by atoms with Crippen LogP contribution in [0.25, 0.3) is 11.1 Å². The Kier molecular flexibility index (Phi) is 5.70. The van der Waals surface area contributed by atoms with E-state index in [1.54, 1.807) is 24.1 Å². The van der Waals surface area contributed by atoms with E-state index in [-0.39, 0.29) is 34.3 Å². The molecule has 1 amide bonds. The summed E-state index contributed by atoms with van der Waals surface area (Å²) < 4.78 is 51.1. The van der Waals surface area contributed by atoms with Gasteiger partial charge in [0.05, 0.1) is 28.9 Å². The van der Waals surface area contributed by atoms with Crippen molar-refractivity contribution in [2.45, 2.75) is 38.5 Å². The van der Waals surface area contributed by atoms with E-state index in [2.05, 4.69) is 10.1 Å². The van der Waals surface area contributed by atoms with Crippen LogP contribution >= 0.6 is 0 Å². The standard InChI is InChI=1S/C22H22F3N3O3/c1-13-19-17(22(23,24)25)10-18(26-20(19)31-27-13)16-4-3-9-28(11-16)21(29)15-7-5-14(6-8-15)12-30-2/h5-8,10,16H,3-4,9,11-12H2,1-2H3/t16-/m0/s1. The van der Waals surface area contributed by atoms with Crippen LogP contribution in [-0.4, -0.2) is 41.1 Å². The Morgan fingerprint density at radius 3 is 2.71 bits per heavy atom. The zero-order valence-electron chi connectivity index (χ0n) is 17.2. The summed E-state index contributed by atoms with van der Waals surface area (Å²) in [5, 5.41) is 3.53. The van der Waals surface area contributed by atoms with Crippen molar-refractivity contribution < 1.29 is 27.2 Å². The van der Waals surface area contributed by atoms with Crippen LogP contribution in [0.15, 0.2) is 34.9 Å². The molecule has 0 bridgehead atoms. The minimum Gasteiger partial charge on any atom is -0.380 e. The Balaban J connectivity index is 1.60. The molecule has 1 atom stereocenters. The maximum absolute atomic E-state index is 13.7. The fourth-order valence-corrected chi connectivity index (χ4v) is 4.04. The first-order valence-corrected chi connectivity index (χ1v) is 9.99. The number of piperidine rings is 1. The highest BCUT2D eigenvalue weighted by molar-refractivity contribution is 5.94. The third-order valence-electron chi connectivity index (χ3n) is 5.58. The van der Waals surface area contributed by atoms with Crippen molar-refractivity contribution in [3.05, 3.63) is 58.4 Å². The Hall–Kier alpha value is -2.94. The minimum absolute atomic E-state index is 0.115. The molecule has 4 rings (SSSR count). The number of ether oxygens (including phenoxy) is 1. The Bertz CT molecular complexity index is 1090. The van der Waals surface area contributed by atoms with Crippen LogP contribution in [0.2, 0.25) is 0 Å². The molecule has 1 aromatic carbocycles. The summed E-state index contributed by atoms with van der Waals surface area (Å²) in [7, 11) is 1.60. The van der Waals surface area contributed by atoms with Crippen molar-refractivity contribution in [3.8, 4) is 0 Å². The number of aryl methyl sites for hydroxylation is 1. The number of amides is 1. The first-order chi connectivity index (χ1) is 14.8. The van der Waals surface area contributed by atoms with Crippen LogP contribution in [0.5, 0.6) is 0 Å². The van der Waals surface area contributed by atoms with Crippen LogP contribution in [0.1, 0.15) is 51.6 Å². The molecule has 0 unspecified atom stereocenters. The third-order valence-corrected chi connectivity index (χ3v) is 5.58. The third kappa shape index (κ3) is 4.27. The van der Waals surface area contributed by atoms with Crippen LogP contribution in [-0.2, 0) is 17.5 Å². The molecule has 6 nitrogen and oxygen atoms in total. The molecule has 2 aromatic heterocycles. The second-order valence-corrected chi connectivity index (χ2v) is 7.76. The number of carbonyl (C=O) groups excluding carboxylic acids is 1. The first-order valence-electron chi connectivity index (χ1n) is 9.99. The molecule has 1 fully saturated rings. The topological polar surface area (TPSA) is 68.5 Å².